The van der Waals surface area contributed by atoms with E-state index in [1.54, 1.807) is 0 Å². The highest BCUT2D eigenvalue weighted by Gasteiger charge is 2.46. The maximum absolute atomic E-state index is 2.46. The molecule has 342 valence electrons. The van der Waals surface area contributed by atoms with Crippen molar-refractivity contribution in [1.29, 1.82) is 0 Å². The van der Waals surface area contributed by atoms with Crippen LogP contribution in [0.3, 0.4) is 0 Å². The van der Waals surface area contributed by atoms with E-state index in [1.165, 1.54) is 93.8 Å². The predicted molar refractivity (Wildman–Crippen MR) is 307 cm³/mol. The molecule has 0 atom stereocenters. The third-order valence-corrected chi connectivity index (χ3v) is 15.2. The topological polar surface area (TPSA) is 8.17 Å². The second kappa shape index (κ2) is 17.4. The second-order valence-corrected chi connectivity index (χ2v) is 19.2. The van der Waals surface area contributed by atoms with E-state index in [0.717, 1.165) is 28.3 Å². The molecule has 13 aromatic rings. The van der Waals surface area contributed by atoms with Gasteiger partial charge in [0.25, 0.3) is 0 Å². The average Bonchev–Trinajstić information content (AvgIpc) is 3.97. The summed E-state index contributed by atoms with van der Waals surface area (Å²) in [6, 6.07) is 107. The fourth-order valence-corrected chi connectivity index (χ4v) is 11.9. The van der Waals surface area contributed by atoms with E-state index in [0.29, 0.717) is 0 Å². The largest absolute Gasteiger partial charge is 0.310 e. The molecule has 2 nitrogen and oxygen atoms in total. The number of nitrogens with zero attached hydrogens (tertiary/aromatic N) is 2. The molecule has 1 aliphatic carbocycles. The Morgan fingerprint density at radius 1 is 0.274 bits per heavy atom. The monoisotopic (exact) mass is 928 g/mol. The van der Waals surface area contributed by atoms with Gasteiger partial charge in [-0.1, -0.05) is 224 Å². The van der Waals surface area contributed by atoms with E-state index >= 15 is 0 Å². The molecule has 0 bridgehead atoms. The molecule has 0 spiro atoms. The van der Waals surface area contributed by atoms with Gasteiger partial charge in [0.2, 0.25) is 0 Å². The zero-order chi connectivity index (χ0) is 48.3. The highest BCUT2D eigenvalue weighted by molar-refractivity contribution is 6.09. The van der Waals surface area contributed by atoms with Gasteiger partial charge in [0, 0.05) is 33.5 Å². The van der Waals surface area contributed by atoms with Crippen molar-refractivity contribution in [1.82, 2.24) is 4.57 Å². The van der Waals surface area contributed by atoms with Crippen LogP contribution in [0.15, 0.2) is 291 Å². The zero-order valence-corrected chi connectivity index (χ0v) is 40.1. The Morgan fingerprint density at radius 2 is 0.767 bits per heavy atom. The Kier molecular flexibility index (Phi) is 10.1. The fourth-order valence-electron chi connectivity index (χ4n) is 11.9. The molecule has 0 saturated carbocycles. The quantitative estimate of drug-likeness (QED) is 0.140. The first kappa shape index (κ1) is 42.4. The first-order valence-electron chi connectivity index (χ1n) is 25.2. The smallest absolute Gasteiger partial charge is 0.0714 e. The van der Waals surface area contributed by atoms with Crippen molar-refractivity contribution in [2.75, 3.05) is 4.90 Å². The molecule has 14 rings (SSSR count). The molecular formula is C71H48N2. The summed E-state index contributed by atoms with van der Waals surface area (Å²) in [7, 11) is 0. The first-order valence-corrected chi connectivity index (χ1v) is 25.2. The maximum atomic E-state index is 2.46. The van der Waals surface area contributed by atoms with E-state index in [-0.39, 0.29) is 0 Å². The van der Waals surface area contributed by atoms with Crippen LogP contribution in [0.25, 0.3) is 82.8 Å². The van der Waals surface area contributed by atoms with Crippen molar-refractivity contribution >= 4 is 49.6 Å². The number of fused-ring (bicyclic) bond motifs is 7. The van der Waals surface area contributed by atoms with Crippen molar-refractivity contribution in [3.05, 3.63) is 313 Å². The van der Waals surface area contributed by atoms with Crippen LogP contribution in [0, 0.1) is 0 Å². The zero-order valence-electron chi connectivity index (χ0n) is 40.1. The summed E-state index contributed by atoms with van der Waals surface area (Å²) in [5.74, 6) is 0. The number of anilines is 3. The lowest BCUT2D eigenvalue weighted by Crippen LogP contribution is -2.28. The number of benzene rings is 12. The van der Waals surface area contributed by atoms with Crippen molar-refractivity contribution in [2.24, 2.45) is 0 Å². The normalized spacial score (nSPS) is 12.5. The summed E-state index contributed by atoms with van der Waals surface area (Å²) >= 11 is 0. The molecule has 0 amide bonds. The first-order chi connectivity index (χ1) is 36.2. The molecule has 1 aliphatic rings. The van der Waals surface area contributed by atoms with E-state index in [4.69, 9.17) is 0 Å². The minimum Gasteiger partial charge on any atom is -0.310 e. The maximum Gasteiger partial charge on any atom is 0.0714 e. The van der Waals surface area contributed by atoms with Gasteiger partial charge in [-0.15, -0.1) is 0 Å². The fraction of sp³-hybridized carbons (Fsp3) is 0.0141. The minimum atomic E-state index is -0.533. The molecule has 73 heavy (non-hydrogen) atoms. The van der Waals surface area contributed by atoms with Crippen LogP contribution in [-0.2, 0) is 5.41 Å². The molecule has 0 aliphatic heterocycles. The molecule has 0 fully saturated rings. The van der Waals surface area contributed by atoms with E-state index in [9.17, 15) is 0 Å². The molecular weight excluding hydrogens is 881 g/mol. The number of rotatable bonds is 9. The molecule has 2 heteroatoms. The third kappa shape index (κ3) is 7.02. The summed E-state index contributed by atoms with van der Waals surface area (Å²) in [6.07, 6.45) is 0. The lowest BCUT2D eigenvalue weighted by atomic mass is 9.67. The van der Waals surface area contributed by atoms with Crippen LogP contribution < -0.4 is 4.90 Å². The van der Waals surface area contributed by atoms with Crippen molar-refractivity contribution < 1.29 is 0 Å². The van der Waals surface area contributed by atoms with Crippen LogP contribution in [0.4, 0.5) is 17.1 Å². The van der Waals surface area contributed by atoms with Crippen molar-refractivity contribution in [3.8, 4) is 50.2 Å². The molecule has 12 aromatic carbocycles. The SMILES string of the molecule is c1ccc(C2(c3ccccc3)c3ccccc3-c3ccc(N(c4ccc(-c5ccc(-c6cccc(-c7ccc8ccccc8c7)c6)cc5)cc4)c4cccc(-n5c6ccccc6c6ccccc65)c4)cc32)cc1. The van der Waals surface area contributed by atoms with Gasteiger partial charge < -0.3 is 9.47 Å². The summed E-state index contributed by atoms with van der Waals surface area (Å²) in [6.45, 7) is 0. The average molecular weight is 929 g/mol. The number of hydrogen-bond acceptors (Lipinski definition) is 1. The lowest BCUT2D eigenvalue weighted by Gasteiger charge is -2.35. The summed E-state index contributed by atoms with van der Waals surface area (Å²) in [5.41, 5.74) is 20.9. The van der Waals surface area contributed by atoms with E-state index < -0.39 is 5.41 Å². The Morgan fingerprint density at radius 3 is 1.47 bits per heavy atom. The van der Waals surface area contributed by atoms with Gasteiger partial charge in [-0.25, -0.2) is 0 Å². The standard InChI is InChI=1S/C71H48N2/c1-3-21-57(22-4-1)71(58-23-5-2-6-24-58)67-30-12-9-27-63(67)64-44-43-62(48-68(64)71)72(60-25-16-26-61(47-60)73-69-31-13-10-28-65(69)66-29-11-14-32-70(66)73)59-41-39-51(40-42-59)50-33-35-52(36-34-50)54-19-15-20-55(45-54)56-38-37-49-17-7-8-18-53(49)46-56/h1-48H. The molecule has 0 saturated heterocycles. The Labute approximate surface area is 426 Å². The van der Waals surface area contributed by atoms with Crippen LogP contribution >= 0.6 is 0 Å². The van der Waals surface area contributed by atoms with Crippen LogP contribution in [0.1, 0.15) is 22.3 Å². The molecule has 0 unspecified atom stereocenters. The van der Waals surface area contributed by atoms with Gasteiger partial charge in [-0.05, 0) is 144 Å². The molecule has 1 aromatic heterocycles. The second-order valence-electron chi connectivity index (χ2n) is 19.2. The Balaban J connectivity index is 0.890. The number of para-hydroxylation sites is 2. The summed E-state index contributed by atoms with van der Waals surface area (Å²) in [4.78, 5) is 2.44. The highest BCUT2D eigenvalue weighted by Crippen LogP contribution is 2.57. The summed E-state index contributed by atoms with van der Waals surface area (Å²) in [5, 5.41) is 5.00. The van der Waals surface area contributed by atoms with Gasteiger partial charge in [-0.2, -0.15) is 0 Å². The van der Waals surface area contributed by atoms with E-state index in [2.05, 4.69) is 301 Å². The van der Waals surface area contributed by atoms with Crippen molar-refractivity contribution in [3.63, 3.8) is 0 Å². The van der Waals surface area contributed by atoms with Crippen LogP contribution in [0.5, 0.6) is 0 Å². The molecule has 0 radical (unpaired) electrons. The molecule has 0 N–H and O–H groups in total. The Bertz CT molecular complexity index is 4090. The van der Waals surface area contributed by atoms with Gasteiger partial charge >= 0.3 is 0 Å². The number of hydrogen-bond donors (Lipinski definition) is 0. The minimum absolute atomic E-state index is 0.533. The highest BCUT2D eigenvalue weighted by atomic mass is 15.1. The van der Waals surface area contributed by atoms with Crippen LogP contribution in [0.2, 0.25) is 0 Å². The predicted octanol–water partition coefficient (Wildman–Crippen LogP) is 18.8. The van der Waals surface area contributed by atoms with Crippen molar-refractivity contribution in [2.45, 2.75) is 5.41 Å². The summed E-state index contributed by atoms with van der Waals surface area (Å²) < 4.78 is 2.41. The van der Waals surface area contributed by atoms with Gasteiger partial charge in [-0.3, -0.25) is 0 Å². The number of aromatic nitrogens is 1. The van der Waals surface area contributed by atoms with E-state index in [1.807, 2.05) is 0 Å². The molecule has 1 heterocycles. The van der Waals surface area contributed by atoms with Gasteiger partial charge in [0.1, 0.15) is 0 Å². The van der Waals surface area contributed by atoms with Gasteiger partial charge in [0.15, 0.2) is 0 Å². The van der Waals surface area contributed by atoms with Crippen LogP contribution in [-0.4, -0.2) is 4.57 Å². The van der Waals surface area contributed by atoms with Gasteiger partial charge in [0.05, 0.1) is 16.4 Å². The lowest BCUT2D eigenvalue weighted by molar-refractivity contribution is 0.768. The Hall–Kier alpha value is -9.50. The third-order valence-electron chi connectivity index (χ3n) is 15.2.